The van der Waals surface area contributed by atoms with Gasteiger partial charge >= 0.3 is 6.03 Å². The van der Waals surface area contributed by atoms with Crippen molar-refractivity contribution >= 4 is 6.03 Å². The predicted octanol–water partition coefficient (Wildman–Crippen LogP) is 1.53. The van der Waals surface area contributed by atoms with Crippen molar-refractivity contribution in [3.05, 3.63) is 44.7 Å². The van der Waals surface area contributed by atoms with Crippen LogP contribution in [0.15, 0.2) is 15.4 Å². The van der Waals surface area contributed by atoms with Crippen molar-refractivity contribution in [3.8, 4) is 0 Å². The lowest BCUT2D eigenvalue weighted by Crippen LogP contribution is -2.38. The molecule has 2 amide bonds. The quantitative estimate of drug-likeness (QED) is 0.834. The van der Waals surface area contributed by atoms with Crippen LogP contribution in [0.1, 0.15) is 42.1 Å². The lowest BCUT2D eigenvalue weighted by Gasteiger charge is -2.17. The maximum absolute atomic E-state index is 12.2. The van der Waals surface area contributed by atoms with Gasteiger partial charge in [0.1, 0.15) is 11.5 Å². The molecule has 0 radical (unpaired) electrons. The first kappa shape index (κ1) is 17.7. The fourth-order valence-corrected chi connectivity index (χ4v) is 2.57. The number of amides is 2. The van der Waals surface area contributed by atoms with Gasteiger partial charge in [0.2, 0.25) is 0 Å². The minimum absolute atomic E-state index is 0.162. The van der Waals surface area contributed by atoms with Crippen molar-refractivity contribution in [2.45, 2.75) is 46.7 Å². The second kappa shape index (κ2) is 7.76. The largest absolute Gasteiger partial charge is 0.361 e. The van der Waals surface area contributed by atoms with Gasteiger partial charge in [0.15, 0.2) is 0 Å². The summed E-state index contributed by atoms with van der Waals surface area (Å²) >= 11 is 0. The van der Waals surface area contributed by atoms with Crippen LogP contribution in [0.5, 0.6) is 0 Å². The van der Waals surface area contributed by atoms with Crippen LogP contribution in [0.4, 0.5) is 4.79 Å². The summed E-state index contributed by atoms with van der Waals surface area (Å²) in [4.78, 5) is 25.7. The summed E-state index contributed by atoms with van der Waals surface area (Å²) < 4.78 is 4.99. The summed E-state index contributed by atoms with van der Waals surface area (Å²) in [6.07, 6.45) is 1.42. The average Bonchev–Trinajstić information content (AvgIpc) is 2.97. The third-order valence-corrected chi connectivity index (χ3v) is 3.81. The summed E-state index contributed by atoms with van der Waals surface area (Å²) in [5, 5.41) is 13.2. The molecule has 0 aliphatic heterocycles. The highest BCUT2D eigenvalue weighted by Gasteiger charge is 2.15. The van der Waals surface area contributed by atoms with E-state index >= 15 is 0 Å². The number of aromatic nitrogens is 3. The summed E-state index contributed by atoms with van der Waals surface area (Å²) in [6, 6.07) is 1.49. The van der Waals surface area contributed by atoms with Gasteiger partial charge < -0.3 is 14.7 Å². The van der Waals surface area contributed by atoms with Gasteiger partial charge in [-0.25, -0.2) is 9.89 Å². The molecule has 0 aliphatic rings. The summed E-state index contributed by atoms with van der Waals surface area (Å²) in [5.41, 5.74) is 2.72. The molecule has 0 saturated carbocycles. The second-order valence-corrected chi connectivity index (χ2v) is 5.61. The molecule has 8 nitrogen and oxygen atoms in total. The molecular formula is C16H23N5O3. The Morgan fingerprint density at radius 2 is 2.08 bits per heavy atom. The zero-order chi connectivity index (χ0) is 17.7. The molecule has 0 atom stereocenters. The minimum Gasteiger partial charge on any atom is -0.361 e. The van der Waals surface area contributed by atoms with E-state index < -0.39 is 0 Å². The SMILES string of the molecule is CCc1n[nH]c(=O)c(CNC(=O)N(C)Cc2cc(C)on2)c1CC. The van der Waals surface area contributed by atoms with Crippen LogP contribution in [0.25, 0.3) is 0 Å². The molecule has 8 heteroatoms. The van der Waals surface area contributed by atoms with E-state index in [1.807, 2.05) is 13.8 Å². The van der Waals surface area contributed by atoms with Gasteiger partial charge in [-0.3, -0.25) is 4.79 Å². The number of rotatable bonds is 6. The third kappa shape index (κ3) is 4.01. The lowest BCUT2D eigenvalue weighted by molar-refractivity contribution is 0.205. The Morgan fingerprint density at radius 1 is 1.33 bits per heavy atom. The highest BCUT2D eigenvalue weighted by atomic mass is 16.5. The average molecular weight is 333 g/mol. The van der Waals surface area contributed by atoms with E-state index in [9.17, 15) is 9.59 Å². The van der Waals surface area contributed by atoms with Gasteiger partial charge in [-0.05, 0) is 25.3 Å². The van der Waals surface area contributed by atoms with Crippen LogP contribution in [-0.2, 0) is 25.9 Å². The van der Waals surface area contributed by atoms with E-state index in [4.69, 9.17) is 4.52 Å². The first-order chi connectivity index (χ1) is 11.5. The van der Waals surface area contributed by atoms with Crippen molar-refractivity contribution in [2.75, 3.05) is 7.05 Å². The van der Waals surface area contributed by atoms with Crippen LogP contribution >= 0.6 is 0 Å². The summed E-state index contributed by atoms with van der Waals surface area (Å²) in [5.74, 6) is 0.696. The Morgan fingerprint density at radius 3 is 2.67 bits per heavy atom. The number of nitrogens with one attached hydrogen (secondary N) is 2. The van der Waals surface area contributed by atoms with E-state index in [-0.39, 0.29) is 18.1 Å². The number of H-pyrrole nitrogens is 1. The molecule has 0 aromatic carbocycles. The van der Waals surface area contributed by atoms with Crippen molar-refractivity contribution in [2.24, 2.45) is 0 Å². The molecule has 0 bridgehead atoms. The standard InChI is InChI=1S/C16H23N5O3/c1-5-12-13(15(22)19-18-14(12)6-2)8-17-16(23)21(4)9-11-7-10(3)24-20-11/h7H,5-6,8-9H2,1-4H3,(H,17,23)(H,19,22). The van der Waals surface area contributed by atoms with Gasteiger partial charge in [0.05, 0.1) is 18.8 Å². The first-order valence-corrected chi connectivity index (χ1v) is 7.96. The van der Waals surface area contributed by atoms with E-state index in [1.165, 1.54) is 4.90 Å². The smallest absolute Gasteiger partial charge is 0.317 e. The van der Waals surface area contributed by atoms with Gasteiger partial charge in [-0.2, -0.15) is 5.10 Å². The molecule has 2 N–H and O–H groups in total. The molecule has 130 valence electrons. The second-order valence-electron chi connectivity index (χ2n) is 5.61. The molecule has 2 rings (SSSR count). The first-order valence-electron chi connectivity index (χ1n) is 7.96. The monoisotopic (exact) mass is 333 g/mol. The number of urea groups is 1. The Balaban J connectivity index is 2.04. The molecule has 24 heavy (non-hydrogen) atoms. The van der Waals surface area contributed by atoms with Crippen LogP contribution in [0.2, 0.25) is 0 Å². The zero-order valence-electron chi connectivity index (χ0n) is 14.5. The molecule has 2 aromatic rings. The van der Waals surface area contributed by atoms with Crippen LogP contribution in [-0.4, -0.2) is 33.3 Å². The summed E-state index contributed by atoms with van der Waals surface area (Å²) in [6.45, 7) is 6.24. The van der Waals surface area contributed by atoms with Gasteiger partial charge in [-0.1, -0.05) is 19.0 Å². The van der Waals surface area contributed by atoms with E-state index in [0.717, 1.165) is 17.7 Å². The van der Waals surface area contributed by atoms with Gasteiger partial charge in [0, 0.05) is 18.7 Å². The Hall–Kier alpha value is -2.64. The van der Waals surface area contributed by atoms with Crippen molar-refractivity contribution in [3.63, 3.8) is 0 Å². The highest BCUT2D eigenvalue weighted by Crippen LogP contribution is 2.10. The number of carbonyl (C=O) groups excluding carboxylic acids is 1. The van der Waals surface area contributed by atoms with E-state index in [1.54, 1.807) is 20.0 Å². The van der Waals surface area contributed by atoms with Gasteiger partial charge in [-0.15, -0.1) is 0 Å². The number of carbonyl (C=O) groups is 1. The number of aryl methyl sites for hydroxylation is 2. The fourth-order valence-electron chi connectivity index (χ4n) is 2.57. The number of hydrogen-bond donors (Lipinski definition) is 2. The maximum Gasteiger partial charge on any atom is 0.317 e. The molecule has 0 spiro atoms. The number of aromatic amines is 1. The number of hydrogen-bond acceptors (Lipinski definition) is 5. The lowest BCUT2D eigenvalue weighted by atomic mass is 10.0. The minimum atomic E-state index is -0.285. The van der Waals surface area contributed by atoms with E-state index in [2.05, 4.69) is 20.7 Å². The Labute approximate surface area is 140 Å². The van der Waals surface area contributed by atoms with E-state index in [0.29, 0.717) is 30.0 Å². The summed E-state index contributed by atoms with van der Waals surface area (Å²) in [7, 11) is 1.66. The molecule has 2 aromatic heterocycles. The Kier molecular flexibility index (Phi) is 5.73. The van der Waals surface area contributed by atoms with Crippen molar-refractivity contribution in [1.82, 2.24) is 25.6 Å². The van der Waals surface area contributed by atoms with Crippen molar-refractivity contribution in [1.29, 1.82) is 0 Å². The van der Waals surface area contributed by atoms with Crippen LogP contribution in [0.3, 0.4) is 0 Å². The van der Waals surface area contributed by atoms with Crippen molar-refractivity contribution < 1.29 is 9.32 Å². The molecule has 0 unspecified atom stereocenters. The molecule has 0 saturated heterocycles. The predicted molar refractivity (Wildman–Crippen MR) is 88.6 cm³/mol. The topological polar surface area (TPSA) is 104 Å². The molecule has 0 aliphatic carbocycles. The normalized spacial score (nSPS) is 10.7. The Bertz CT molecular complexity index is 765. The van der Waals surface area contributed by atoms with Gasteiger partial charge in [0.25, 0.3) is 5.56 Å². The number of nitrogens with zero attached hydrogens (tertiary/aromatic N) is 3. The maximum atomic E-state index is 12.2. The third-order valence-electron chi connectivity index (χ3n) is 3.81. The molecule has 0 fully saturated rings. The fraction of sp³-hybridized carbons (Fsp3) is 0.500. The zero-order valence-corrected chi connectivity index (χ0v) is 14.5. The highest BCUT2D eigenvalue weighted by molar-refractivity contribution is 5.73. The van der Waals surface area contributed by atoms with Crippen LogP contribution < -0.4 is 10.9 Å². The molecular weight excluding hydrogens is 310 g/mol. The van der Waals surface area contributed by atoms with Crippen LogP contribution in [0, 0.1) is 6.92 Å². The molecule has 2 heterocycles.